The fraction of sp³-hybridized carbons (Fsp3) is 0.579. The summed E-state index contributed by atoms with van der Waals surface area (Å²) in [4.78, 5) is 0. The highest BCUT2D eigenvalue weighted by Gasteiger charge is 2.21. The lowest BCUT2D eigenvalue weighted by Crippen LogP contribution is -2.18. The van der Waals surface area contributed by atoms with E-state index in [9.17, 15) is 0 Å². The van der Waals surface area contributed by atoms with Gasteiger partial charge in [0.05, 0.1) is 6.26 Å². The molecular formula is C19H29NO. The number of aryl methyl sites for hydroxylation is 1. The third-order valence-corrected chi connectivity index (χ3v) is 3.90. The Labute approximate surface area is 128 Å². The molecule has 0 unspecified atom stereocenters. The van der Waals surface area contributed by atoms with Gasteiger partial charge < -0.3 is 9.73 Å². The van der Waals surface area contributed by atoms with Gasteiger partial charge in [0.25, 0.3) is 0 Å². The summed E-state index contributed by atoms with van der Waals surface area (Å²) in [6.45, 7) is 15.3. The second-order valence-electron chi connectivity index (χ2n) is 7.41. The Balaban J connectivity index is 2.41. The Morgan fingerprint density at radius 2 is 1.90 bits per heavy atom. The Morgan fingerprint density at radius 3 is 2.48 bits per heavy atom. The van der Waals surface area contributed by atoms with Crippen molar-refractivity contribution in [2.45, 2.75) is 59.9 Å². The molecule has 2 rings (SSSR count). The molecule has 0 amide bonds. The van der Waals surface area contributed by atoms with Crippen molar-refractivity contribution in [3.05, 3.63) is 35.1 Å². The minimum Gasteiger partial charge on any atom is -0.464 e. The van der Waals surface area contributed by atoms with Crippen LogP contribution < -0.4 is 5.32 Å². The van der Waals surface area contributed by atoms with E-state index in [2.05, 4.69) is 59.0 Å². The minimum absolute atomic E-state index is 0.101. The summed E-state index contributed by atoms with van der Waals surface area (Å²) in [7, 11) is 0. The molecule has 0 aliphatic rings. The van der Waals surface area contributed by atoms with Crippen LogP contribution in [0, 0.1) is 5.92 Å². The van der Waals surface area contributed by atoms with Crippen LogP contribution in [-0.2, 0) is 18.4 Å². The Morgan fingerprint density at radius 1 is 1.19 bits per heavy atom. The molecule has 0 saturated carbocycles. The number of fused-ring (bicyclic) bond motifs is 1. The summed E-state index contributed by atoms with van der Waals surface area (Å²) in [6.07, 6.45) is 2.98. The van der Waals surface area contributed by atoms with E-state index in [1.807, 2.05) is 6.26 Å². The van der Waals surface area contributed by atoms with Gasteiger partial charge in [-0.1, -0.05) is 47.6 Å². The molecule has 0 aliphatic carbocycles. The van der Waals surface area contributed by atoms with Crippen molar-refractivity contribution >= 4 is 11.0 Å². The summed E-state index contributed by atoms with van der Waals surface area (Å²) >= 11 is 0. The van der Waals surface area contributed by atoms with Crippen LogP contribution in [0.25, 0.3) is 11.0 Å². The van der Waals surface area contributed by atoms with Crippen LogP contribution in [0.15, 0.2) is 22.8 Å². The fourth-order valence-electron chi connectivity index (χ4n) is 2.64. The smallest absolute Gasteiger partial charge is 0.137 e. The lowest BCUT2D eigenvalue weighted by molar-refractivity contribution is 0.541. The normalized spacial score (nSPS) is 12.5. The predicted molar refractivity (Wildman–Crippen MR) is 90.8 cm³/mol. The first-order valence-corrected chi connectivity index (χ1v) is 8.07. The first-order valence-electron chi connectivity index (χ1n) is 8.07. The van der Waals surface area contributed by atoms with E-state index >= 15 is 0 Å². The van der Waals surface area contributed by atoms with Crippen molar-refractivity contribution in [3.63, 3.8) is 0 Å². The summed E-state index contributed by atoms with van der Waals surface area (Å²) in [5.41, 5.74) is 5.13. The molecule has 116 valence electrons. The van der Waals surface area contributed by atoms with Gasteiger partial charge in [0, 0.05) is 23.1 Å². The molecule has 0 bridgehead atoms. The lowest BCUT2D eigenvalue weighted by Gasteiger charge is -2.20. The van der Waals surface area contributed by atoms with Crippen LogP contribution >= 0.6 is 0 Å². The Hall–Kier alpha value is -1.28. The van der Waals surface area contributed by atoms with Gasteiger partial charge in [0.2, 0.25) is 0 Å². The summed E-state index contributed by atoms with van der Waals surface area (Å²) < 4.78 is 5.92. The molecule has 0 fully saturated rings. The van der Waals surface area contributed by atoms with Crippen molar-refractivity contribution in [2.24, 2.45) is 5.92 Å². The fourth-order valence-corrected chi connectivity index (χ4v) is 2.64. The topological polar surface area (TPSA) is 25.2 Å². The Bertz CT molecular complexity index is 602. The van der Waals surface area contributed by atoms with Crippen molar-refractivity contribution in [1.29, 1.82) is 0 Å². The predicted octanol–water partition coefficient (Wildman–Crippen LogP) is 5.04. The molecule has 1 heterocycles. The standard InChI is InChI=1S/C19H29NO/c1-7-14-8-16-15(11-20-10-13(2)3)12-21-18(16)17(9-14)19(4,5)6/h8-9,12-13,20H,7,10-11H2,1-6H3. The van der Waals surface area contributed by atoms with Crippen molar-refractivity contribution < 1.29 is 4.42 Å². The van der Waals surface area contributed by atoms with Gasteiger partial charge in [-0.2, -0.15) is 0 Å². The molecule has 0 atom stereocenters. The van der Waals surface area contributed by atoms with Crippen LogP contribution in [0.4, 0.5) is 0 Å². The van der Waals surface area contributed by atoms with Crippen LogP contribution in [0.5, 0.6) is 0 Å². The van der Waals surface area contributed by atoms with Gasteiger partial charge in [0.1, 0.15) is 5.58 Å². The molecule has 1 aromatic heterocycles. The van der Waals surface area contributed by atoms with E-state index < -0.39 is 0 Å². The average molecular weight is 287 g/mol. The van der Waals surface area contributed by atoms with Gasteiger partial charge in [-0.3, -0.25) is 0 Å². The van der Waals surface area contributed by atoms with Crippen molar-refractivity contribution in [1.82, 2.24) is 5.32 Å². The van der Waals surface area contributed by atoms with Gasteiger partial charge >= 0.3 is 0 Å². The number of rotatable bonds is 5. The summed E-state index contributed by atoms with van der Waals surface area (Å²) in [5.74, 6) is 0.666. The largest absolute Gasteiger partial charge is 0.464 e. The third-order valence-electron chi connectivity index (χ3n) is 3.90. The summed E-state index contributed by atoms with van der Waals surface area (Å²) in [6, 6.07) is 4.59. The third kappa shape index (κ3) is 3.68. The highest BCUT2D eigenvalue weighted by molar-refractivity contribution is 5.85. The minimum atomic E-state index is 0.101. The number of furan rings is 1. The first kappa shape index (κ1) is 16.1. The molecule has 1 aromatic carbocycles. The number of hydrogen-bond donors (Lipinski definition) is 1. The van der Waals surface area contributed by atoms with Gasteiger partial charge in [-0.15, -0.1) is 0 Å². The quantitative estimate of drug-likeness (QED) is 0.833. The van der Waals surface area contributed by atoms with E-state index in [-0.39, 0.29) is 5.41 Å². The molecule has 2 heteroatoms. The van der Waals surface area contributed by atoms with E-state index in [0.717, 1.165) is 25.1 Å². The van der Waals surface area contributed by atoms with Gasteiger partial charge in [-0.05, 0) is 35.9 Å². The zero-order valence-corrected chi connectivity index (χ0v) is 14.3. The molecular weight excluding hydrogens is 258 g/mol. The second kappa shape index (κ2) is 6.23. The van der Waals surface area contributed by atoms with Crippen LogP contribution in [-0.4, -0.2) is 6.54 Å². The molecule has 0 radical (unpaired) electrons. The van der Waals surface area contributed by atoms with Crippen molar-refractivity contribution in [2.75, 3.05) is 6.54 Å². The van der Waals surface area contributed by atoms with Crippen molar-refractivity contribution in [3.8, 4) is 0 Å². The molecule has 0 aliphatic heterocycles. The zero-order chi connectivity index (χ0) is 15.6. The molecule has 2 nitrogen and oxygen atoms in total. The highest BCUT2D eigenvalue weighted by Crippen LogP contribution is 2.34. The molecule has 0 saturated heterocycles. The zero-order valence-electron chi connectivity index (χ0n) is 14.3. The lowest BCUT2D eigenvalue weighted by atomic mass is 9.84. The highest BCUT2D eigenvalue weighted by atomic mass is 16.3. The van der Waals surface area contributed by atoms with Gasteiger partial charge in [-0.25, -0.2) is 0 Å². The number of nitrogens with one attached hydrogen (secondary N) is 1. The van der Waals surface area contributed by atoms with Crippen LogP contribution in [0.1, 0.15) is 58.2 Å². The SMILES string of the molecule is CCc1cc(C(C)(C)C)c2occ(CNCC(C)C)c2c1. The van der Waals surface area contributed by atoms with Crippen LogP contribution in [0.2, 0.25) is 0 Å². The van der Waals surface area contributed by atoms with E-state index in [1.54, 1.807) is 0 Å². The maximum absolute atomic E-state index is 5.92. The maximum atomic E-state index is 5.92. The Kier molecular flexibility index (Phi) is 4.77. The van der Waals surface area contributed by atoms with Gasteiger partial charge in [0.15, 0.2) is 0 Å². The number of benzene rings is 1. The molecule has 21 heavy (non-hydrogen) atoms. The average Bonchev–Trinajstić information content (AvgIpc) is 2.79. The van der Waals surface area contributed by atoms with E-state index in [0.29, 0.717) is 5.92 Å². The van der Waals surface area contributed by atoms with Crippen LogP contribution in [0.3, 0.4) is 0 Å². The van der Waals surface area contributed by atoms with E-state index in [4.69, 9.17) is 4.42 Å². The first-order chi connectivity index (χ1) is 9.82. The molecule has 0 spiro atoms. The molecule has 1 N–H and O–H groups in total. The van der Waals surface area contributed by atoms with E-state index in [1.165, 1.54) is 22.1 Å². The second-order valence-corrected chi connectivity index (χ2v) is 7.41. The monoisotopic (exact) mass is 287 g/mol. The number of hydrogen-bond acceptors (Lipinski definition) is 2. The maximum Gasteiger partial charge on any atom is 0.137 e. The molecule has 2 aromatic rings. The summed E-state index contributed by atoms with van der Waals surface area (Å²) in [5, 5.41) is 4.79.